The molecule has 0 radical (unpaired) electrons. The number of hydrogen-bond donors (Lipinski definition) is 1. The summed E-state index contributed by atoms with van der Waals surface area (Å²) in [5, 5.41) is 9.88. The van der Waals surface area contributed by atoms with Gasteiger partial charge in [-0.15, -0.1) is 0 Å². The predicted molar refractivity (Wildman–Crippen MR) is 141 cm³/mol. The Kier molecular flexibility index (Phi) is 8.60. The third kappa shape index (κ3) is 7.56. The summed E-state index contributed by atoms with van der Waals surface area (Å²) in [6.07, 6.45) is 11.1. The number of phenols is 1. The van der Waals surface area contributed by atoms with Crippen molar-refractivity contribution in [1.29, 1.82) is 0 Å². The molecule has 2 aromatic rings. The second-order valence-corrected chi connectivity index (χ2v) is 10.6. The number of hydrogen-bond acceptors (Lipinski definition) is 3. The molecule has 1 atom stereocenters. The molecule has 0 aliphatic rings. The van der Waals surface area contributed by atoms with Crippen molar-refractivity contribution in [3.05, 3.63) is 76.9 Å². The fraction of sp³-hybridized carbons (Fsp3) is 0.400. The van der Waals surface area contributed by atoms with Crippen molar-refractivity contribution in [1.82, 2.24) is 0 Å². The largest absolute Gasteiger partial charge is 0.504 e. The standard InChI is InChI=1S/C30H40O3/c1-21-10-11-22(18-27(21)32-8)12-15-24(29(2,3)4)20-25(30(5,6)7)16-13-23-14-17-26(31)28(19-23)33-9/h10-20,25,31H,1-9H3/b15-12+,16-13+,24-20-. The van der Waals surface area contributed by atoms with Crippen LogP contribution in [0.4, 0.5) is 0 Å². The van der Waals surface area contributed by atoms with Crippen molar-refractivity contribution >= 4 is 12.2 Å². The normalized spacial score (nSPS) is 14.2. The average Bonchev–Trinajstić information content (AvgIpc) is 2.73. The zero-order valence-corrected chi connectivity index (χ0v) is 21.7. The molecule has 3 heteroatoms. The minimum Gasteiger partial charge on any atom is -0.504 e. The van der Waals surface area contributed by atoms with Gasteiger partial charge in [0, 0.05) is 5.92 Å². The highest BCUT2D eigenvalue weighted by Crippen LogP contribution is 2.36. The fourth-order valence-electron chi connectivity index (χ4n) is 3.48. The highest BCUT2D eigenvalue weighted by atomic mass is 16.5. The highest BCUT2D eigenvalue weighted by molar-refractivity contribution is 5.58. The molecular formula is C30H40O3. The van der Waals surface area contributed by atoms with Crippen molar-refractivity contribution in [3.8, 4) is 17.2 Å². The topological polar surface area (TPSA) is 38.7 Å². The van der Waals surface area contributed by atoms with Crippen molar-refractivity contribution in [2.45, 2.75) is 48.5 Å². The lowest BCUT2D eigenvalue weighted by atomic mass is 9.76. The molecule has 3 nitrogen and oxygen atoms in total. The first-order chi connectivity index (χ1) is 15.3. The number of benzene rings is 2. The van der Waals surface area contributed by atoms with E-state index >= 15 is 0 Å². The summed E-state index contributed by atoms with van der Waals surface area (Å²) in [4.78, 5) is 0. The molecule has 0 fully saturated rings. The van der Waals surface area contributed by atoms with Crippen LogP contribution in [-0.4, -0.2) is 19.3 Å². The van der Waals surface area contributed by atoms with Crippen molar-refractivity contribution in [2.75, 3.05) is 14.2 Å². The summed E-state index contributed by atoms with van der Waals surface area (Å²) >= 11 is 0. The van der Waals surface area contributed by atoms with Gasteiger partial charge < -0.3 is 14.6 Å². The van der Waals surface area contributed by atoms with Gasteiger partial charge in [-0.3, -0.25) is 0 Å². The van der Waals surface area contributed by atoms with Crippen LogP contribution in [0.1, 0.15) is 58.2 Å². The fourth-order valence-corrected chi connectivity index (χ4v) is 3.48. The van der Waals surface area contributed by atoms with E-state index in [9.17, 15) is 5.11 Å². The van der Waals surface area contributed by atoms with Crippen molar-refractivity contribution < 1.29 is 14.6 Å². The van der Waals surface area contributed by atoms with Crippen LogP contribution in [0, 0.1) is 23.7 Å². The number of rotatable bonds is 7. The number of aryl methyl sites for hydroxylation is 1. The first-order valence-corrected chi connectivity index (χ1v) is 11.5. The molecule has 0 bridgehead atoms. The van der Waals surface area contributed by atoms with E-state index in [0.717, 1.165) is 22.4 Å². The SMILES string of the molecule is COc1cc(/C=C/C(=C/C(/C=C/c2ccc(O)c(OC)c2)C(C)(C)C)C(C)(C)C)ccc1C. The number of methoxy groups -OCH3 is 2. The zero-order chi connectivity index (χ0) is 24.8. The van der Waals surface area contributed by atoms with Crippen molar-refractivity contribution in [2.24, 2.45) is 16.7 Å². The third-order valence-electron chi connectivity index (χ3n) is 5.81. The van der Waals surface area contributed by atoms with E-state index in [1.54, 1.807) is 20.3 Å². The summed E-state index contributed by atoms with van der Waals surface area (Å²) < 4.78 is 10.7. The summed E-state index contributed by atoms with van der Waals surface area (Å²) in [5.74, 6) is 1.74. The number of ether oxygens (including phenoxy) is 2. The molecule has 2 rings (SSSR count). The van der Waals surface area contributed by atoms with E-state index in [0.29, 0.717) is 5.75 Å². The quantitative estimate of drug-likeness (QED) is 0.435. The lowest BCUT2D eigenvalue weighted by Crippen LogP contribution is -2.19. The van der Waals surface area contributed by atoms with Gasteiger partial charge in [0.2, 0.25) is 0 Å². The highest BCUT2D eigenvalue weighted by Gasteiger charge is 2.23. The predicted octanol–water partition coefficient (Wildman–Crippen LogP) is 8.08. The Morgan fingerprint density at radius 3 is 2.00 bits per heavy atom. The molecule has 178 valence electrons. The van der Waals surface area contributed by atoms with E-state index in [4.69, 9.17) is 9.47 Å². The Bertz CT molecular complexity index is 1030. The molecule has 0 aliphatic heterocycles. The van der Waals surface area contributed by atoms with Crippen LogP contribution >= 0.6 is 0 Å². The van der Waals surface area contributed by atoms with Gasteiger partial charge in [0.05, 0.1) is 14.2 Å². The van der Waals surface area contributed by atoms with Gasteiger partial charge in [0.15, 0.2) is 11.5 Å². The molecule has 0 aromatic heterocycles. The van der Waals surface area contributed by atoms with Gasteiger partial charge in [0.25, 0.3) is 0 Å². The van der Waals surface area contributed by atoms with E-state index in [1.165, 1.54) is 5.57 Å². The Balaban J connectivity index is 2.43. The molecule has 33 heavy (non-hydrogen) atoms. The van der Waals surface area contributed by atoms with E-state index < -0.39 is 0 Å². The van der Waals surface area contributed by atoms with Gasteiger partial charge in [-0.1, -0.05) is 90.1 Å². The Labute approximate surface area is 200 Å². The second kappa shape index (κ2) is 10.8. The maximum Gasteiger partial charge on any atom is 0.161 e. The minimum atomic E-state index is -0.00954. The van der Waals surface area contributed by atoms with Crippen LogP contribution in [0.15, 0.2) is 60.2 Å². The summed E-state index contributed by atoms with van der Waals surface area (Å²) in [6.45, 7) is 15.5. The molecule has 0 aliphatic carbocycles. The van der Waals surface area contributed by atoms with E-state index in [1.807, 2.05) is 12.1 Å². The molecule has 2 aromatic carbocycles. The molecule has 0 amide bonds. The minimum absolute atomic E-state index is 0.00954. The van der Waals surface area contributed by atoms with Gasteiger partial charge in [-0.25, -0.2) is 0 Å². The molecule has 0 saturated heterocycles. The van der Waals surface area contributed by atoms with E-state index in [-0.39, 0.29) is 22.5 Å². The zero-order valence-electron chi connectivity index (χ0n) is 21.7. The number of phenolic OH excluding ortho intramolecular Hbond substituents is 1. The number of allylic oxidation sites excluding steroid dienone is 4. The first-order valence-electron chi connectivity index (χ1n) is 11.5. The van der Waals surface area contributed by atoms with Gasteiger partial charge in [-0.2, -0.15) is 0 Å². The summed E-state index contributed by atoms with van der Waals surface area (Å²) in [6, 6.07) is 11.7. The molecule has 0 heterocycles. The van der Waals surface area contributed by atoms with Gasteiger partial charge >= 0.3 is 0 Å². The maximum atomic E-state index is 9.88. The summed E-state index contributed by atoms with van der Waals surface area (Å²) in [7, 11) is 3.27. The van der Waals surface area contributed by atoms with Crippen LogP contribution in [0.5, 0.6) is 17.2 Å². The lowest BCUT2D eigenvalue weighted by molar-refractivity contribution is 0.340. The van der Waals surface area contributed by atoms with Crippen LogP contribution in [0.3, 0.4) is 0 Å². The average molecular weight is 449 g/mol. The van der Waals surface area contributed by atoms with Crippen LogP contribution in [-0.2, 0) is 0 Å². The molecule has 1 unspecified atom stereocenters. The molecule has 1 N–H and O–H groups in total. The van der Waals surface area contributed by atoms with Crippen LogP contribution in [0.25, 0.3) is 12.2 Å². The van der Waals surface area contributed by atoms with Crippen LogP contribution in [0.2, 0.25) is 0 Å². The lowest BCUT2D eigenvalue weighted by Gasteiger charge is -2.29. The van der Waals surface area contributed by atoms with Gasteiger partial charge in [-0.05, 0) is 58.2 Å². The third-order valence-corrected chi connectivity index (χ3v) is 5.81. The molecule has 0 saturated carbocycles. The second-order valence-electron chi connectivity index (χ2n) is 10.6. The Morgan fingerprint density at radius 1 is 0.848 bits per heavy atom. The monoisotopic (exact) mass is 448 g/mol. The summed E-state index contributed by atoms with van der Waals surface area (Å²) in [5.41, 5.74) is 4.54. The smallest absolute Gasteiger partial charge is 0.161 e. The maximum absolute atomic E-state index is 9.88. The van der Waals surface area contributed by atoms with Crippen LogP contribution < -0.4 is 9.47 Å². The number of aromatic hydroxyl groups is 1. The van der Waals surface area contributed by atoms with Crippen molar-refractivity contribution in [3.63, 3.8) is 0 Å². The Hall–Kier alpha value is -2.94. The van der Waals surface area contributed by atoms with Gasteiger partial charge in [0.1, 0.15) is 5.75 Å². The molecule has 0 spiro atoms. The van der Waals surface area contributed by atoms with E-state index in [2.05, 4.69) is 97.0 Å². The first kappa shape index (κ1) is 26.3. The Morgan fingerprint density at radius 2 is 1.42 bits per heavy atom. The molecular weight excluding hydrogens is 408 g/mol.